The summed E-state index contributed by atoms with van der Waals surface area (Å²) in [4.78, 5) is 49.5. The molecule has 0 saturated carbocycles. The van der Waals surface area contributed by atoms with E-state index in [2.05, 4.69) is 37.9 Å². The molecule has 3 aromatic carbocycles. The molecule has 2 N–H and O–H groups in total. The molecule has 1 aliphatic rings. The summed E-state index contributed by atoms with van der Waals surface area (Å²) < 4.78 is 6.54. The van der Waals surface area contributed by atoms with Crippen molar-refractivity contribution in [1.82, 2.24) is 25.1 Å². The normalized spacial score (nSPS) is 15.5. The molecule has 1 saturated heterocycles. The number of carbonyl (C=O) groups excluding carboxylic acids is 3. The largest absolute Gasteiger partial charge is 0.484 e. The van der Waals surface area contributed by atoms with Gasteiger partial charge >= 0.3 is 6.03 Å². The first-order valence-corrected chi connectivity index (χ1v) is 14.3. The number of urea groups is 1. The maximum absolute atomic E-state index is 13.8. The van der Waals surface area contributed by atoms with Gasteiger partial charge in [-0.2, -0.15) is 0 Å². The van der Waals surface area contributed by atoms with Gasteiger partial charge < -0.3 is 19.9 Å². The van der Waals surface area contributed by atoms with Gasteiger partial charge in [-0.3, -0.25) is 14.5 Å². The first kappa shape index (κ1) is 28.6. The number of nitrogens with one attached hydrogen (secondary N) is 2. The predicted octanol–water partition coefficient (Wildman–Crippen LogP) is 5.38. The fraction of sp³-hybridized carbons (Fsp3) is 0.200. The standard InChI is InChI=1S/C30H27ClIN5O4/c1-36(2)26(38)17-41-21-11-8-19(9-12-21)27-29(39)37(30(40)35-27)25(14-18-6-4-3-5-7-18)28-33-16-24(34-28)22-13-10-20(32)15-23(22)31/h3-13,15-16,25,27H,14,17H2,1-2H3,(H,33,34)(H,35,40)/t25-,27?/m0/s1. The molecular formula is C30H27ClIN5O4. The first-order valence-electron chi connectivity index (χ1n) is 12.8. The Bertz CT molecular complexity index is 1580. The van der Waals surface area contributed by atoms with E-state index in [0.29, 0.717) is 34.3 Å². The van der Waals surface area contributed by atoms with Gasteiger partial charge in [-0.1, -0.05) is 60.1 Å². The lowest BCUT2D eigenvalue weighted by Gasteiger charge is -2.24. The van der Waals surface area contributed by atoms with Crippen LogP contribution >= 0.6 is 34.2 Å². The molecule has 11 heteroatoms. The minimum Gasteiger partial charge on any atom is -0.484 e. The Hall–Kier alpha value is -3.90. The third-order valence-electron chi connectivity index (χ3n) is 6.76. The lowest BCUT2D eigenvalue weighted by Crippen LogP contribution is -2.36. The summed E-state index contributed by atoms with van der Waals surface area (Å²) in [6, 6.07) is 20.0. The van der Waals surface area contributed by atoms with E-state index >= 15 is 0 Å². The molecule has 1 aliphatic heterocycles. The van der Waals surface area contributed by atoms with Gasteiger partial charge in [0.15, 0.2) is 6.61 Å². The summed E-state index contributed by atoms with van der Waals surface area (Å²) in [6.07, 6.45) is 2.03. The number of halogens is 2. The second-order valence-corrected chi connectivity index (χ2v) is 11.4. The number of likely N-dealkylation sites (N-methyl/N-ethyl adjacent to an activating group) is 1. The van der Waals surface area contributed by atoms with Gasteiger partial charge in [0.05, 0.1) is 16.9 Å². The van der Waals surface area contributed by atoms with Crippen LogP contribution in [0.15, 0.2) is 79.0 Å². The van der Waals surface area contributed by atoms with Crippen molar-refractivity contribution in [3.63, 3.8) is 0 Å². The summed E-state index contributed by atoms with van der Waals surface area (Å²) in [5.74, 6) is 0.393. The van der Waals surface area contributed by atoms with E-state index in [9.17, 15) is 14.4 Å². The number of aromatic nitrogens is 2. The van der Waals surface area contributed by atoms with Gasteiger partial charge in [-0.15, -0.1) is 0 Å². The summed E-state index contributed by atoms with van der Waals surface area (Å²) in [6.45, 7) is -0.0983. The number of ether oxygens (including phenoxy) is 1. The quantitative estimate of drug-likeness (QED) is 0.182. The highest BCUT2D eigenvalue weighted by atomic mass is 127. The van der Waals surface area contributed by atoms with E-state index in [-0.39, 0.29) is 12.5 Å². The molecule has 41 heavy (non-hydrogen) atoms. The molecule has 1 unspecified atom stereocenters. The number of nitrogens with zero attached hydrogens (tertiary/aromatic N) is 3. The van der Waals surface area contributed by atoms with Crippen molar-refractivity contribution < 1.29 is 19.1 Å². The van der Waals surface area contributed by atoms with E-state index in [1.807, 2.05) is 48.5 Å². The van der Waals surface area contributed by atoms with Crippen molar-refractivity contribution >= 4 is 52.0 Å². The second kappa shape index (κ2) is 12.3. The maximum atomic E-state index is 13.8. The van der Waals surface area contributed by atoms with Gasteiger partial charge in [0.1, 0.15) is 23.7 Å². The Labute approximate surface area is 256 Å². The average Bonchev–Trinajstić information content (AvgIpc) is 3.55. The Balaban J connectivity index is 1.41. The number of imidazole rings is 1. The van der Waals surface area contributed by atoms with Crippen molar-refractivity contribution in [1.29, 1.82) is 0 Å². The molecule has 4 aromatic rings. The van der Waals surface area contributed by atoms with Crippen molar-refractivity contribution in [3.05, 3.63) is 105 Å². The van der Waals surface area contributed by atoms with Crippen LogP contribution in [-0.2, 0) is 16.0 Å². The van der Waals surface area contributed by atoms with E-state index in [0.717, 1.165) is 14.7 Å². The van der Waals surface area contributed by atoms with Crippen LogP contribution in [0.25, 0.3) is 11.3 Å². The number of benzene rings is 3. The number of imide groups is 1. The van der Waals surface area contributed by atoms with Gasteiger partial charge in [-0.25, -0.2) is 9.78 Å². The van der Waals surface area contributed by atoms with Crippen molar-refractivity contribution in [3.8, 4) is 17.0 Å². The number of rotatable bonds is 9. The third kappa shape index (κ3) is 6.38. The number of H-pyrrole nitrogens is 1. The van der Waals surface area contributed by atoms with Crippen LogP contribution in [0.1, 0.15) is 29.0 Å². The van der Waals surface area contributed by atoms with Crippen LogP contribution in [-0.4, -0.2) is 58.3 Å². The minimum atomic E-state index is -0.877. The van der Waals surface area contributed by atoms with Crippen LogP contribution in [0.2, 0.25) is 5.02 Å². The van der Waals surface area contributed by atoms with Gasteiger partial charge in [0.25, 0.3) is 11.8 Å². The molecule has 5 rings (SSSR count). The monoisotopic (exact) mass is 683 g/mol. The van der Waals surface area contributed by atoms with E-state index in [4.69, 9.17) is 16.3 Å². The van der Waals surface area contributed by atoms with E-state index in [1.54, 1.807) is 44.6 Å². The number of amides is 4. The van der Waals surface area contributed by atoms with Gasteiger partial charge in [0, 0.05) is 29.6 Å². The molecule has 0 radical (unpaired) electrons. The highest BCUT2D eigenvalue weighted by Crippen LogP contribution is 2.34. The average molecular weight is 684 g/mol. The third-order valence-corrected chi connectivity index (χ3v) is 7.75. The Kier molecular flexibility index (Phi) is 8.60. The Morgan fingerprint density at radius 1 is 1.10 bits per heavy atom. The van der Waals surface area contributed by atoms with Crippen molar-refractivity contribution in [2.24, 2.45) is 0 Å². The molecule has 4 amide bonds. The Morgan fingerprint density at radius 3 is 2.51 bits per heavy atom. The summed E-state index contributed by atoms with van der Waals surface area (Å²) in [5.41, 5.74) is 3.00. The molecule has 9 nitrogen and oxygen atoms in total. The van der Waals surface area contributed by atoms with Crippen molar-refractivity contribution in [2.75, 3.05) is 20.7 Å². The molecule has 2 atom stereocenters. The second-order valence-electron chi connectivity index (χ2n) is 9.75. The topological polar surface area (TPSA) is 108 Å². The maximum Gasteiger partial charge on any atom is 0.325 e. The number of aromatic amines is 1. The molecule has 0 aliphatic carbocycles. The molecule has 1 aromatic heterocycles. The zero-order chi connectivity index (χ0) is 29.1. The number of carbonyl (C=O) groups is 3. The summed E-state index contributed by atoms with van der Waals surface area (Å²) in [7, 11) is 3.31. The Morgan fingerprint density at radius 2 is 1.83 bits per heavy atom. The molecular weight excluding hydrogens is 657 g/mol. The van der Waals surface area contributed by atoms with Crippen LogP contribution < -0.4 is 10.1 Å². The molecule has 2 heterocycles. The summed E-state index contributed by atoms with van der Waals surface area (Å²) in [5, 5.41) is 3.39. The van der Waals surface area contributed by atoms with Crippen molar-refractivity contribution in [2.45, 2.75) is 18.5 Å². The SMILES string of the molecule is CN(C)C(=O)COc1ccc(C2NC(=O)N([C@@H](Cc3ccccc3)c3ncc(-c4ccc(I)cc4Cl)[nH]3)C2=O)cc1. The number of hydrogen-bond acceptors (Lipinski definition) is 5. The van der Waals surface area contributed by atoms with Crippen LogP contribution in [0.4, 0.5) is 4.79 Å². The molecule has 1 fully saturated rings. The minimum absolute atomic E-state index is 0.0983. The lowest BCUT2D eigenvalue weighted by atomic mass is 10.0. The highest BCUT2D eigenvalue weighted by Gasteiger charge is 2.44. The van der Waals surface area contributed by atoms with Gasteiger partial charge in [-0.05, 0) is 58.0 Å². The van der Waals surface area contributed by atoms with E-state index in [1.165, 1.54) is 9.80 Å². The fourth-order valence-corrected chi connectivity index (χ4v) is 5.50. The molecule has 0 bridgehead atoms. The fourth-order valence-electron chi connectivity index (χ4n) is 4.54. The predicted molar refractivity (Wildman–Crippen MR) is 163 cm³/mol. The molecule has 210 valence electrons. The summed E-state index contributed by atoms with van der Waals surface area (Å²) >= 11 is 8.69. The highest BCUT2D eigenvalue weighted by molar-refractivity contribution is 14.1. The van der Waals surface area contributed by atoms with Crippen LogP contribution in [0.3, 0.4) is 0 Å². The van der Waals surface area contributed by atoms with E-state index < -0.39 is 24.0 Å². The van der Waals surface area contributed by atoms with Gasteiger partial charge in [0.2, 0.25) is 0 Å². The zero-order valence-electron chi connectivity index (χ0n) is 22.3. The molecule has 0 spiro atoms. The number of hydrogen-bond donors (Lipinski definition) is 2. The zero-order valence-corrected chi connectivity index (χ0v) is 25.2. The smallest absolute Gasteiger partial charge is 0.325 e. The first-order chi connectivity index (χ1) is 19.7. The lowest BCUT2D eigenvalue weighted by molar-refractivity contribution is -0.131. The van der Waals surface area contributed by atoms with Crippen LogP contribution in [0.5, 0.6) is 5.75 Å². The van der Waals surface area contributed by atoms with Crippen LogP contribution in [0, 0.1) is 3.57 Å².